The number of benzene rings is 2. The van der Waals surface area contributed by atoms with E-state index < -0.39 is 11.7 Å². The first-order valence-electron chi connectivity index (χ1n) is 11.2. The van der Waals surface area contributed by atoms with Crippen molar-refractivity contribution in [2.75, 3.05) is 23.7 Å². The van der Waals surface area contributed by atoms with Gasteiger partial charge in [0.1, 0.15) is 23.2 Å². The summed E-state index contributed by atoms with van der Waals surface area (Å²) in [7, 11) is 0. The molecule has 10 heteroatoms. The Morgan fingerprint density at radius 3 is 2.62 bits per heavy atom. The standard InChI is InChI=1S/C27H22FN5O4/c1-16(34)30-9-10-31-19-5-2-4-17(12-19)21-14-23(20-8-7-18(28)13-24(20)35)32-26(22(21)15-29)33-27(36)25-6-3-11-37-25/h2-8,11-14,31,35H,9-10H2,1H3,(H,30,34)(H,32,33,36). The van der Waals surface area contributed by atoms with Crippen LogP contribution in [0.25, 0.3) is 22.4 Å². The largest absolute Gasteiger partial charge is 0.507 e. The van der Waals surface area contributed by atoms with Gasteiger partial charge in [0.05, 0.1) is 12.0 Å². The number of furan rings is 1. The zero-order chi connectivity index (χ0) is 26.4. The van der Waals surface area contributed by atoms with Crippen molar-refractivity contribution in [2.45, 2.75) is 6.92 Å². The fourth-order valence-corrected chi connectivity index (χ4v) is 3.65. The predicted octanol–water partition coefficient (Wildman–Crippen LogP) is 4.53. The number of carbonyl (C=O) groups is 2. The van der Waals surface area contributed by atoms with Gasteiger partial charge in [0, 0.05) is 42.9 Å². The van der Waals surface area contributed by atoms with E-state index >= 15 is 0 Å². The van der Waals surface area contributed by atoms with E-state index in [1.54, 1.807) is 30.3 Å². The lowest BCUT2D eigenvalue weighted by Crippen LogP contribution is -2.26. The zero-order valence-electron chi connectivity index (χ0n) is 19.7. The minimum atomic E-state index is -0.625. The van der Waals surface area contributed by atoms with Crippen molar-refractivity contribution >= 4 is 23.3 Å². The Balaban J connectivity index is 1.79. The number of pyridine rings is 1. The number of nitrogens with one attached hydrogen (secondary N) is 3. The second-order valence-electron chi connectivity index (χ2n) is 7.97. The zero-order valence-corrected chi connectivity index (χ0v) is 19.7. The summed E-state index contributed by atoms with van der Waals surface area (Å²) in [5, 5.41) is 28.9. The molecule has 0 saturated carbocycles. The van der Waals surface area contributed by atoms with Gasteiger partial charge in [0.25, 0.3) is 5.91 Å². The van der Waals surface area contributed by atoms with Gasteiger partial charge in [0.2, 0.25) is 5.91 Å². The van der Waals surface area contributed by atoms with Crippen LogP contribution >= 0.6 is 0 Å². The summed E-state index contributed by atoms with van der Waals surface area (Å²) in [5.74, 6) is -1.75. The van der Waals surface area contributed by atoms with Crippen molar-refractivity contribution in [3.63, 3.8) is 0 Å². The molecule has 37 heavy (non-hydrogen) atoms. The molecule has 4 N–H and O–H groups in total. The van der Waals surface area contributed by atoms with Gasteiger partial charge in [-0.1, -0.05) is 12.1 Å². The van der Waals surface area contributed by atoms with Gasteiger partial charge in [-0.15, -0.1) is 0 Å². The second-order valence-corrected chi connectivity index (χ2v) is 7.97. The number of aromatic hydroxyl groups is 1. The topological polar surface area (TPSA) is 140 Å². The Kier molecular flexibility index (Phi) is 7.45. The number of nitrogens with zero attached hydrogens (tertiary/aromatic N) is 2. The molecule has 0 spiro atoms. The van der Waals surface area contributed by atoms with Crippen LogP contribution < -0.4 is 16.0 Å². The maximum absolute atomic E-state index is 13.6. The van der Waals surface area contributed by atoms with Crippen molar-refractivity contribution in [1.82, 2.24) is 10.3 Å². The lowest BCUT2D eigenvalue weighted by Gasteiger charge is -2.15. The lowest BCUT2D eigenvalue weighted by molar-refractivity contribution is -0.118. The molecule has 2 heterocycles. The van der Waals surface area contributed by atoms with Crippen LogP contribution in [0.4, 0.5) is 15.9 Å². The van der Waals surface area contributed by atoms with E-state index in [9.17, 15) is 24.3 Å². The third-order valence-corrected chi connectivity index (χ3v) is 5.35. The highest BCUT2D eigenvalue weighted by molar-refractivity contribution is 6.03. The van der Waals surface area contributed by atoms with Crippen LogP contribution in [0.1, 0.15) is 23.0 Å². The summed E-state index contributed by atoms with van der Waals surface area (Å²) in [5.41, 5.74) is 2.29. The number of halogens is 1. The summed E-state index contributed by atoms with van der Waals surface area (Å²) < 4.78 is 18.8. The lowest BCUT2D eigenvalue weighted by atomic mass is 9.97. The Morgan fingerprint density at radius 1 is 1.08 bits per heavy atom. The second kappa shape index (κ2) is 11.0. The molecule has 0 fully saturated rings. The molecule has 2 aromatic carbocycles. The molecule has 0 aliphatic carbocycles. The maximum Gasteiger partial charge on any atom is 0.292 e. The monoisotopic (exact) mass is 499 g/mol. The maximum atomic E-state index is 13.6. The number of nitriles is 1. The van der Waals surface area contributed by atoms with Crippen LogP contribution in [0.3, 0.4) is 0 Å². The molecule has 0 radical (unpaired) electrons. The van der Waals surface area contributed by atoms with E-state index in [0.717, 1.165) is 11.8 Å². The number of phenolic OH excluding ortho intramolecular Hbond substituents is 1. The average molecular weight is 500 g/mol. The van der Waals surface area contributed by atoms with E-state index in [0.29, 0.717) is 24.2 Å². The molecule has 4 rings (SSSR count). The Labute approximate surface area is 211 Å². The molecule has 0 saturated heterocycles. The highest BCUT2D eigenvalue weighted by atomic mass is 19.1. The molecule has 4 aromatic rings. The van der Waals surface area contributed by atoms with Crippen molar-refractivity contribution in [3.8, 4) is 34.2 Å². The van der Waals surface area contributed by atoms with E-state index in [-0.39, 0.29) is 40.1 Å². The van der Waals surface area contributed by atoms with Crippen molar-refractivity contribution in [1.29, 1.82) is 5.26 Å². The SMILES string of the molecule is CC(=O)NCCNc1cccc(-c2cc(-c3ccc(F)cc3O)nc(NC(=O)c3ccco3)c2C#N)c1. The number of amides is 2. The number of rotatable bonds is 8. The van der Waals surface area contributed by atoms with Crippen molar-refractivity contribution < 1.29 is 23.5 Å². The summed E-state index contributed by atoms with van der Waals surface area (Å²) >= 11 is 0. The average Bonchev–Trinajstić information content (AvgIpc) is 3.42. The van der Waals surface area contributed by atoms with Gasteiger partial charge >= 0.3 is 0 Å². The number of aromatic nitrogens is 1. The molecule has 2 aromatic heterocycles. The summed E-state index contributed by atoms with van der Waals surface area (Å²) in [6.45, 7) is 2.34. The Hall–Kier alpha value is -5.17. The first-order chi connectivity index (χ1) is 17.9. The van der Waals surface area contributed by atoms with Gasteiger partial charge in [-0.2, -0.15) is 5.26 Å². The van der Waals surface area contributed by atoms with E-state index in [1.165, 1.54) is 31.4 Å². The third-order valence-electron chi connectivity index (χ3n) is 5.35. The fourth-order valence-electron chi connectivity index (χ4n) is 3.65. The molecule has 0 aliphatic rings. The molecule has 0 atom stereocenters. The van der Waals surface area contributed by atoms with Crippen molar-refractivity contribution in [3.05, 3.63) is 84.1 Å². The molecular formula is C27H22FN5O4. The van der Waals surface area contributed by atoms with E-state index in [4.69, 9.17) is 4.42 Å². The van der Waals surface area contributed by atoms with Crippen molar-refractivity contribution in [2.24, 2.45) is 0 Å². The number of hydrogen-bond acceptors (Lipinski definition) is 7. The Morgan fingerprint density at radius 2 is 1.92 bits per heavy atom. The van der Waals surface area contributed by atoms with Crippen LogP contribution in [0.15, 0.2) is 71.3 Å². The normalized spacial score (nSPS) is 10.4. The Bertz CT molecular complexity index is 1500. The summed E-state index contributed by atoms with van der Waals surface area (Å²) in [4.78, 5) is 28.2. The van der Waals surface area contributed by atoms with Crippen LogP contribution in [-0.2, 0) is 4.79 Å². The van der Waals surface area contributed by atoms with E-state index in [1.807, 2.05) is 6.07 Å². The number of anilines is 2. The summed E-state index contributed by atoms with van der Waals surface area (Å²) in [6, 6.07) is 17.4. The molecule has 2 amide bonds. The molecule has 186 valence electrons. The third kappa shape index (κ3) is 5.91. The van der Waals surface area contributed by atoms with Gasteiger partial charge < -0.3 is 25.5 Å². The van der Waals surface area contributed by atoms with Crippen LogP contribution in [0.2, 0.25) is 0 Å². The smallest absolute Gasteiger partial charge is 0.292 e. The number of carbonyl (C=O) groups excluding carboxylic acids is 2. The minimum Gasteiger partial charge on any atom is -0.507 e. The number of phenols is 1. The van der Waals surface area contributed by atoms with E-state index in [2.05, 4.69) is 27.0 Å². The predicted molar refractivity (Wildman–Crippen MR) is 135 cm³/mol. The molecule has 0 unspecified atom stereocenters. The first kappa shape index (κ1) is 24.9. The highest BCUT2D eigenvalue weighted by Gasteiger charge is 2.20. The molecule has 9 nitrogen and oxygen atoms in total. The van der Waals surface area contributed by atoms with Crippen LogP contribution in [0.5, 0.6) is 5.75 Å². The van der Waals surface area contributed by atoms with Gasteiger partial charge in [-0.3, -0.25) is 9.59 Å². The summed E-state index contributed by atoms with van der Waals surface area (Å²) in [6.07, 6.45) is 1.34. The first-order valence-corrected chi connectivity index (χ1v) is 11.2. The molecule has 0 bridgehead atoms. The quantitative estimate of drug-likeness (QED) is 0.261. The van der Waals surface area contributed by atoms with Gasteiger partial charge in [-0.25, -0.2) is 9.37 Å². The minimum absolute atomic E-state index is 0.0210. The van der Waals surface area contributed by atoms with Crippen LogP contribution in [0, 0.1) is 17.1 Å². The fraction of sp³-hybridized carbons (Fsp3) is 0.111. The number of hydrogen-bond donors (Lipinski definition) is 4. The van der Waals surface area contributed by atoms with Gasteiger partial charge in [0.15, 0.2) is 11.6 Å². The molecule has 0 aliphatic heterocycles. The highest BCUT2D eigenvalue weighted by Crippen LogP contribution is 2.36. The molecular weight excluding hydrogens is 477 g/mol. The van der Waals surface area contributed by atoms with Gasteiger partial charge in [-0.05, 0) is 48.0 Å². The van der Waals surface area contributed by atoms with Crippen LogP contribution in [-0.4, -0.2) is 35.0 Å².